The number of allylic oxidation sites excluding steroid dienone is 3. The van der Waals surface area contributed by atoms with Crippen LogP contribution >= 0.6 is 0 Å². The minimum Gasteiger partial charge on any atom is -0.216 e. The van der Waals surface area contributed by atoms with Crippen LogP contribution < -0.4 is 0 Å². The van der Waals surface area contributed by atoms with Gasteiger partial charge < -0.3 is 0 Å². The molecule has 0 spiro atoms. The first kappa shape index (κ1) is 25.3. The third-order valence-electron chi connectivity index (χ3n) is 9.28. The molecule has 0 amide bonds. The number of hydrogen-bond acceptors (Lipinski definition) is 0. The van der Waals surface area contributed by atoms with Crippen molar-refractivity contribution in [1.82, 2.24) is 0 Å². The molecule has 0 unspecified atom stereocenters. The van der Waals surface area contributed by atoms with Gasteiger partial charge in [-0.3, -0.25) is 0 Å². The summed E-state index contributed by atoms with van der Waals surface area (Å²) in [4.78, 5) is 0. The number of hydrogen-bond donors (Lipinski definition) is 0. The molecule has 0 bridgehead atoms. The van der Waals surface area contributed by atoms with Crippen LogP contribution in [0.4, 0.5) is 4.39 Å². The Morgan fingerprint density at radius 3 is 1.62 bits per heavy atom. The summed E-state index contributed by atoms with van der Waals surface area (Å²) in [5.41, 5.74) is 10.3. The van der Waals surface area contributed by atoms with Gasteiger partial charge in [-0.15, -0.1) is 0 Å². The van der Waals surface area contributed by atoms with Crippen molar-refractivity contribution in [2.45, 2.75) is 112 Å². The zero-order chi connectivity index (χ0) is 23.3. The molecule has 2 fully saturated rings. The standard InChI is InChI=1S/C31H47F/c1-21(31-25(5)23(3)22(2)24(4)26(31)6)20-30-17-15-29(16-18-30)14-13-28-11-9-27(10-12-28)8-7-19-32/h7,19-20,27-30H,8-18H2,1-6H3/b19-7+,21-20+. The SMILES string of the molecule is C/C(=C\C1CCC(CCC2CCC(C/C=C/F)CC2)CC1)c1c(C)c(C)c(C)c(C)c1C. The summed E-state index contributed by atoms with van der Waals surface area (Å²) in [6.07, 6.45) is 19.8. The van der Waals surface area contributed by atoms with Crippen molar-refractivity contribution in [3.05, 3.63) is 51.9 Å². The molecule has 1 aromatic rings. The van der Waals surface area contributed by atoms with Crippen molar-refractivity contribution in [3.63, 3.8) is 0 Å². The van der Waals surface area contributed by atoms with Gasteiger partial charge in [-0.05, 0) is 149 Å². The minimum atomic E-state index is 0.726. The molecule has 3 rings (SSSR count). The Morgan fingerprint density at radius 2 is 1.12 bits per heavy atom. The molecule has 0 heterocycles. The van der Waals surface area contributed by atoms with Crippen molar-refractivity contribution < 1.29 is 4.39 Å². The highest BCUT2D eigenvalue weighted by Crippen LogP contribution is 2.39. The lowest BCUT2D eigenvalue weighted by Gasteiger charge is -2.31. The van der Waals surface area contributed by atoms with Crippen LogP contribution in [0.1, 0.15) is 111 Å². The average molecular weight is 439 g/mol. The van der Waals surface area contributed by atoms with Gasteiger partial charge in [-0.1, -0.05) is 37.8 Å². The quantitative estimate of drug-likeness (QED) is 0.397. The zero-order valence-electron chi connectivity index (χ0n) is 21.7. The maximum atomic E-state index is 12.2. The van der Waals surface area contributed by atoms with Crippen molar-refractivity contribution in [3.8, 4) is 0 Å². The van der Waals surface area contributed by atoms with E-state index in [0.717, 1.165) is 36.4 Å². The Morgan fingerprint density at radius 1 is 0.688 bits per heavy atom. The first-order valence-corrected chi connectivity index (χ1v) is 13.3. The summed E-state index contributed by atoms with van der Waals surface area (Å²) in [6.45, 7) is 13.8. The lowest BCUT2D eigenvalue weighted by Crippen LogP contribution is -2.17. The molecule has 0 aromatic heterocycles. The molecule has 0 aliphatic heterocycles. The summed E-state index contributed by atoms with van der Waals surface area (Å²) < 4.78 is 12.2. The van der Waals surface area contributed by atoms with E-state index in [0.29, 0.717) is 0 Å². The number of benzene rings is 1. The topological polar surface area (TPSA) is 0 Å². The first-order chi connectivity index (χ1) is 15.3. The molecule has 2 aliphatic rings. The molecule has 2 saturated carbocycles. The highest BCUT2D eigenvalue weighted by molar-refractivity contribution is 5.72. The second kappa shape index (κ2) is 11.7. The smallest absolute Gasteiger partial charge is 0.0827 e. The fourth-order valence-electron chi connectivity index (χ4n) is 6.64. The molecule has 0 saturated heterocycles. The van der Waals surface area contributed by atoms with E-state index in [-0.39, 0.29) is 0 Å². The van der Waals surface area contributed by atoms with Gasteiger partial charge >= 0.3 is 0 Å². The van der Waals surface area contributed by atoms with E-state index in [1.165, 1.54) is 103 Å². The second-order valence-corrected chi connectivity index (χ2v) is 11.2. The molecule has 32 heavy (non-hydrogen) atoms. The van der Waals surface area contributed by atoms with Gasteiger partial charge in [-0.2, -0.15) is 0 Å². The highest BCUT2D eigenvalue weighted by atomic mass is 19.1. The zero-order valence-corrected chi connectivity index (χ0v) is 21.7. The van der Waals surface area contributed by atoms with Gasteiger partial charge in [0.25, 0.3) is 0 Å². The Bertz CT molecular complexity index is 782. The molecule has 0 nitrogen and oxygen atoms in total. The van der Waals surface area contributed by atoms with E-state index in [1.54, 1.807) is 6.08 Å². The van der Waals surface area contributed by atoms with Crippen molar-refractivity contribution in [2.24, 2.45) is 23.7 Å². The largest absolute Gasteiger partial charge is 0.216 e. The van der Waals surface area contributed by atoms with E-state index in [9.17, 15) is 4.39 Å². The predicted molar refractivity (Wildman–Crippen MR) is 139 cm³/mol. The maximum absolute atomic E-state index is 12.2. The van der Waals surface area contributed by atoms with Crippen molar-refractivity contribution in [1.29, 1.82) is 0 Å². The van der Waals surface area contributed by atoms with Gasteiger partial charge in [-0.25, -0.2) is 4.39 Å². The summed E-state index contributed by atoms with van der Waals surface area (Å²) in [5, 5.41) is 0. The average Bonchev–Trinajstić information content (AvgIpc) is 2.80. The van der Waals surface area contributed by atoms with Crippen LogP contribution in [0.15, 0.2) is 18.5 Å². The lowest BCUT2D eigenvalue weighted by atomic mass is 9.74. The monoisotopic (exact) mass is 438 g/mol. The van der Waals surface area contributed by atoms with E-state index in [2.05, 4.69) is 47.6 Å². The van der Waals surface area contributed by atoms with Crippen LogP contribution in [0.3, 0.4) is 0 Å². The number of halogens is 1. The Kier molecular flexibility index (Phi) is 9.21. The Hall–Kier alpha value is -1.37. The molecule has 0 N–H and O–H groups in total. The van der Waals surface area contributed by atoms with Crippen LogP contribution in [0.25, 0.3) is 5.57 Å². The third-order valence-corrected chi connectivity index (χ3v) is 9.28. The minimum absolute atomic E-state index is 0.726. The summed E-state index contributed by atoms with van der Waals surface area (Å²) in [7, 11) is 0. The van der Waals surface area contributed by atoms with E-state index >= 15 is 0 Å². The summed E-state index contributed by atoms with van der Waals surface area (Å²) in [5.74, 6) is 3.36. The highest BCUT2D eigenvalue weighted by Gasteiger charge is 2.24. The van der Waals surface area contributed by atoms with Crippen molar-refractivity contribution in [2.75, 3.05) is 0 Å². The predicted octanol–water partition coefficient (Wildman–Crippen LogP) is 9.90. The molecule has 0 radical (unpaired) electrons. The molecule has 178 valence electrons. The molecule has 1 aromatic carbocycles. The van der Waals surface area contributed by atoms with Crippen LogP contribution in [0.5, 0.6) is 0 Å². The fraction of sp³-hybridized carbons (Fsp3) is 0.677. The molecule has 0 atom stereocenters. The second-order valence-electron chi connectivity index (χ2n) is 11.2. The van der Waals surface area contributed by atoms with E-state index < -0.39 is 0 Å². The van der Waals surface area contributed by atoms with Crippen molar-refractivity contribution >= 4 is 5.57 Å². The van der Waals surface area contributed by atoms with E-state index in [1.807, 2.05) is 0 Å². The van der Waals surface area contributed by atoms with Gasteiger partial charge in [0.15, 0.2) is 0 Å². The lowest BCUT2D eigenvalue weighted by molar-refractivity contribution is 0.227. The van der Waals surface area contributed by atoms with Crippen LogP contribution in [0.2, 0.25) is 0 Å². The summed E-state index contributed by atoms with van der Waals surface area (Å²) in [6, 6.07) is 0. The van der Waals surface area contributed by atoms with Crippen LogP contribution in [0, 0.1) is 58.3 Å². The van der Waals surface area contributed by atoms with Crippen LogP contribution in [-0.4, -0.2) is 0 Å². The maximum Gasteiger partial charge on any atom is 0.0827 e. The summed E-state index contributed by atoms with van der Waals surface area (Å²) >= 11 is 0. The first-order valence-electron chi connectivity index (χ1n) is 13.3. The van der Waals surface area contributed by atoms with Gasteiger partial charge in [0, 0.05) is 0 Å². The molecule has 1 heteroatoms. The van der Waals surface area contributed by atoms with Gasteiger partial charge in [0.1, 0.15) is 0 Å². The normalized spacial score (nSPS) is 27.3. The fourth-order valence-corrected chi connectivity index (χ4v) is 6.64. The number of rotatable bonds is 7. The Balaban J connectivity index is 1.48. The van der Waals surface area contributed by atoms with Gasteiger partial charge in [0.2, 0.25) is 0 Å². The molecule has 2 aliphatic carbocycles. The van der Waals surface area contributed by atoms with E-state index in [4.69, 9.17) is 0 Å². The molecular formula is C31H47F. The Labute approximate surface area is 197 Å². The van der Waals surface area contributed by atoms with Crippen LogP contribution in [-0.2, 0) is 0 Å². The molecular weight excluding hydrogens is 391 g/mol. The third kappa shape index (κ3) is 6.15. The van der Waals surface area contributed by atoms with Gasteiger partial charge in [0.05, 0.1) is 6.33 Å².